The third kappa shape index (κ3) is 2.08. The van der Waals surface area contributed by atoms with Gasteiger partial charge in [-0.15, -0.1) is 0 Å². The minimum absolute atomic E-state index is 0.226. The Labute approximate surface area is 95.4 Å². The van der Waals surface area contributed by atoms with E-state index in [9.17, 15) is 0 Å². The maximum atomic E-state index is 8.97. The van der Waals surface area contributed by atoms with E-state index in [1.54, 1.807) is 0 Å². The lowest BCUT2D eigenvalue weighted by Crippen LogP contribution is -2.02. The van der Waals surface area contributed by atoms with Crippen LogP contribution in [0, 0.1) is 0 Å². The normalized spacial score (nSPS) is 12.9. The summed E-state index contributed by atoms with van der Waals surface area (Å²) in [5.74, 6) is 0. The fourth-order valence-corrected chi connectivity index (χ4v) is 2.06. The van der Waals surface area contributed by atoms with Crippen LogP contribution in [0.1, 0.15) is 31.4 Å². The Morgan fingerprint density at radius 2 is 1.88 bits per heavy atom. The minimum Gasteiger partial charge on any atom is -0.251 e. The molecule has 0 aromatic heterocycles. The van der Waals surface area contributed by atoms with Gasteiger partial charge >= 0.3 is 0 Å². The maximum Gasteiger partial charge on any atom is 0.118 e. The predicted molar refractivity (Wildman–Crippen MR) is 65.3 cm³/mol. The molecule has 0 amide bonds. The summed E-state index contributed by atoms with van der Waals surface area (Å²) in [6.45, 7) is 2.08. The molecule has 0 heterocycles. The summed E-state index contributed by atoms with van der Waals surface area (Å²) in [5, 5.41) is 11.3. The minimum atomic E-state index is -0.226. The average Bonchev–Trinajstić information content (AvgIpc) is 2.35. The zero-order valence-corrected chi connectivity index (χ0v) is 9.39. The molecule has 0 radical (unpaired) electrons. The highest BCUT2D eigenvalue weighted by Gasteiger charge is 2.13. The zero-order chi connectivity index (χ0) is 11.4. The first-order valence-electron chi connectivity index (χ1n) is 5.64. The maximum absolute atomic E-state index is 8.97. The van der Waals surface area contributed by atoms with E-state index in [1.165, 1.54) is 5.39 Å². The molecule has 0 saturated heterocycles. The fraction of sp³-hybridized carbons (Fsp3) is 0.286. The van der Waals surface area contributed by atoms with Gasteiger partial charge in [0, 0.05) is 0 Å². The molecule has 0 saturated carbocycles. The van der Waals surface area contributed by atoms with Crippen molar-refractivity contribution in [1.82, 2.24) is 0 Å². The van der Waals surface area contributed by atoms with Crippen molar-refractivity contribution in [1.29, 1.82) is 0 Å². The summed E-state index contributed by atoms with van der Waals surface area (Å²) >= 11 is 0. The van der Waals surface area contributed by atoms with Gasteiger partial charge in [0.15, 0.2) is 0 Å². The van der Waals surface area contributed by atoms with E-state index in [4.69, 9.17) is 5.26 Å². The van der Waals surface area contributed by atoms with Crippen molar-refractivity contribution in [2.45, 2.75) is 25.9 Å². The second-order valence-corrected chi connectivity index (χ2v) is 3.95. The summed E-state index contributed by atoms with van der Waals surface area (Å²) in [6, 6.07) is 14.2. The predicted octanol–water partition coefficient (Wildman–Crippen LogP) is 4.17. The van der Waals surface area contributed by atoms with E-state index in [0.29, 0.717) is 0 Å². The molecular weight excluding hydrogens is 200 g/mol. The van der Waals surface area contributed by atoms with E-state index in [0.717, 1.165) is 23.8 Å². The van der Waals surface area contributed by atoms with Crippen molar-refractivity contribution in [3.8, 4) is 0 Å². The van der Waals surface area contributed by atoms with Gasteiger partial charge in [0.25, 0.3) is 0 Å². The van der Waals surface area contributed by atoms with Crippen LogP contribution >= 0.6 is 0 Å². The van der Waals surface area contributed by atoms with Crippen LogP contribution < -0.4 is 0 Å². The van der Waals surface area contributed by atoms with Gasteiger partial charge in [-0.1, -0.05) is 55.8 Å². The fourth-order valence-electron chi connectivity index (χ4n) is 2.06. The molecule has 2 heteroatoms. The van der Waals surface area contributed by atoms with Gasteiger partial charge in [0.2, 0.25) is 0 Å². The van der Waals surface area contributed by atoms with Crippen LogP contribution in [-0.2, 0) is 4.89 Å². The first kappa shape index (κ1) is 11.1. The van der Waals surface area contributed by atoms with Gasteiger partial charge in [-0.05, 0) is 22.8 Å². The molecule has 0 fully saturated rings. The van der Waals surface area contributed by atoms with E-state index >= 15 is 0 Å². The summed E-state index contributed by atoms with van der Waals surface area (Å²) in [7, 11) is 0. The second-order valence-electron chi connectivity index (χ2n) is 3.95. The Balaban J connectivity index is 2.50. The molecule has 1 N–H and O–H groups in total. The van der Waals surface area contributed by atoms with Crippen LogP contribution in [0.25, 0.3) is 10.8 Å². The van der Waals surface area contributed by atoms with Gasteiger partial charge in [0.05, 0.1) is 0 Å². The van der Waals surface area contributed by atoms with Gasteiger partial charge < -0.3 is 0 Å². The lowest BCUT2D eigenvalue weighted by Gasteiger charge is -2.15. The first-order valence-corrected chi connectivity index (χ1v) is 5.64. The smallest absolute Gasteiger partial charge is 0.118 e. The molecule has 1 atom stereocenters. The Morgan fingerprint density at radius 3 is 2.62 bits per heavy atom. The highest BCUT2D eigenvalue weighted by molar-refractivity contribution is 5.85. The number of fused-ring (bicyclic) bond motifs is 1. The van der Waals surface area contributed by atoms with E-state index in [1.807, 2.05) is 24.3 Å². The summed E-state index contributed by atoms with van der Waals surface area (Å²) in [5.41, 5.74) is 1.06. The summed E-state index contributed by atoms with van der Waals surface area (Å²) in [4.78, 5) is 4.58. The molecule has 2 aromatic carbocycles. The number of rotatable bonds is 4. The molecule has 0 bridgehead atoms. The topological polar surface area (TPSA) is 29.5 Å². The van der Waals surface area contributed by atoms with Crippen molar-refractivity contribution in [2.75, 3.05) is 0 Å². The van der Waals surface area contributed by atoms with Crippen molar-refractivity contribution in [3.63, 3.8) is 0 Å². The van der Waals surface area contributed by atoms with Crippen LogP contribution in [-0.4, -0.2) is 5.26 Å². The Kier molecular flexibility index (Phi) is 3.54. The molecule has 84 valence electrons. The number of benzene rings is 2. The molecular formula is C14H16O2. The zero-order valence-electron chi connectivity index (χ0n) is 9.39. The Hall–Kier alpha value is -1.38. The van der Waals surface area contributed by atoms with Crippen molar-refractivity contribution in [3.05, 3.63) is 48.0 Å². The molecule has 1 unspecified atom stereocenters. The molecule has 2 rings (SSSR count). The lowest BCUT2D eigenvalue weighted by atomic mass is 9.98. The quantitative estimate of drug-likeness (QED) is 0.614. The van der Waals surface area contributed by atoms with Crippen molar-refractivity contribution in [2.24, 2.45) is 0 Å². The van der Waals surface area contributed by atoms with E-state index in [2.05, 4.69) is 30.0 Å². The first-order chi connectivity index (χ1) is 7.86. The van der Waals surface area contributed by atoms with Crippen molar-refractivity contribution < 1.29 is 10.1 Å². The van der Waals surface area contributed by atoms with Crippen molar-refractivity contribution >= 4 is 10.8 Å². The highest BCUT2D eigenvalue weighted by Crippen LogP contribution is 2.28. The van der Waals surface area contributed by atoms with E-state index < -0.39 is 0 Å². The van der Waals surface area contributed by atoms with Gasteiger partial charge in [-0.3, -0.25) is 5.26 Å². The molecule has 0 aliphatic rings. The largest absolute Gasteiger partial charge is 0.251 e. The van der Waals surface area contributed by atoms with E-state index in [-0.39, 0.29) is 6.10 Å². The molecule has 16 heavy (non-hydrogen) atoms. The van der Waals surface area contributed by atoms with Gasteiger partial charge in [0.1, 0.15) is 6.10 Å². The number of hydrogen-bond acceptors (Lipinski definition) is 2. The monoisotopic (exact) mass is 216 g/mol. The molecule has 2 nitrogen and oxygen atoms in total. The van der Waals surface area contributed by atoms with Crippen LogP contribution in [0.4, 0.5) is 0 Å². The molecule has 0 aliphatic carbocycles. The average molecular weight is 216 g/mol. The highest BCUT2D eigenvalue weighted by atomic mass is 17.1. The van der Waals surface area contributed by atoms with Gasteiger partial charge in [-0.2, -0.15) is 0 Å². The van der Waals surface area contributed by atoms with Crippen LogP contribution in [0.3, 0.4) is 0 Å². The second kappa shape index (κ2) is 5.10. The molecule has 2 aromatic rings. The molecule has 0 spiro atoms. The molecule has 0 aliphatic heterocycles. The Bertz CT molecular complexity index is 460. The van der Waals surface area contributed by atoms with Gasteiger partial charge in [-0.25, -0.2) is 4.89 Å². The third-order valence-electron chi connectivity index (χ3n) is 2.85. The Morgan fingerprint density at radius 1 is 1.12 bits per heavy atom. The van der Waals surface area contributed by atoms with Crippen LogP contribution in [0.2, 0.25) is 0 Å². The SMILES string of the molecule is CCCC(OO)c1cccc2ccccc12. The summed E-state index contributed by atoms with van der Waals surface area (Å²) < 4.78 is 0. The number of hydrogen-bond donors (Lipinski definition) is 1. The van der Waals surface area contributed by atoms with Crippen LogP contribution in [0.15, 0.2) is 42.5 Å². The summed E-state index contributed by atoms with van der Waals surface area (Å²) in [6.07, 6.45) is 1.58. The lowest BCUT2D eigenvalue weighted by molar-refractivity contribution is -0.282. The van der Waals surface area contributed by atoms with Crippen LogP contribution in [0.5, 0.6) is 0 Å². The standard InChI is InChI=1S/C14H16O2/c1-2-6-14(16-15)13-10-5-8-11-7-3-4-9-12(11)13/h3-5,7-10,14-15H,2,6H2,1H3. The third-order valence-corrected chi connectivity index (χ3v) is 2.85.